The maximum Gasteiger partial charge on any atom is 0.136 e. The van der Waals surface area contributed by atoms with E-state index in [-0.39, 0.29) is 45.7 Å². The number of fused-ring (bicyclic) bond motifs is 9. The lowest BCUT2D eigenvalue weighted by atomic mass is 9.83. The van der Waals surface area contributed by atoms with Gasteiger partial charge in [0.1, 0.15) is 11.2 Å². The monoisotopic (exact) mass is 654 g/mol. The molecule has 0 unspecified atom stereocenters. The second kappa shape index (κ2) is 10.9. The fourth-order valence-electron chi connectivity index (χ4n) is 8.02. The number of rotatable bonds is 3. The highest BCUT2D eigenvalue weighted by Crippen LogP contribution is 2.48. The van der Waals surface area contributed by atoms with Gasteiger partial charge in [0, 0.05) is 10.8 Å². The first kappa shape index (κ1) is 21.4. The maximum absolute atomic E-state index is 9.58. The van der Waals surface area contributed by atoms with Crippen LogP contribution < -0.4 is 0 Å². The van der Waals surface area contributed by atoms with Gasteiger partial charge in [0.15, 0.2) is 0 Å². The highest BCUT2D eigenvalue weighted by Gasteiger charge is 2.20. The SMILES string of the molecule is [2H]c1c([2H])c([2H])c2c(-c3cc(-c4ccc5oc6ccc7ccccc7c6c5c4)cc4ccccc34)c3c([2H])c([2H])c([2H])c([2H])c3c(-c3cccc4ccccc34)c2c1[2H]. The zero-order valence-corrected chi connectivity index (χ0v) is 27.1. The fraction of sp³-hybridized carbons (Fsp3) is 0. The van der Waals surface area contributed by atoms with Gasteiger partial charge in [-0.25, -0.2) is 0 Å². The van der Waals surface area contributed by atoms with Gasteiger partial charge in [0.05, 0.1) is 11.0 Å². The molecule has 1 heteroatoms. The van der Waals surface area contributed by atoms with Crippen LogP contribution in [0.4, 0.5) is 0 Å². The molecule has 0 spiro atoms. The molecule has 0 aliphatic heterocycles. The van der Waals surface area contributed by atoms with E-state index in [2.05, 4.69) is 30.3 Å². The predicted molar refractivity (Wildman–Crippen MR) is 218 cm³/mol. The quantitative estimate of drug-likeness (QED) is 0.173. The van der Waals surface area contributed by atoms with Crippen molar-refractivity contribution in [1.29, 1.82) is 0 Å². The summed E-state index contributed by atoms with van der Waals surface area (Å²) in [4.78, 5) is 0. The Bertz CT molecular complexity index is 3580. The van der Waals surface area contributed by atoms with Crippen LogP contribution in [0.5, 0.6) is 0 Å². The van der Waals surface area contributed by atoms with Crippen LogP contribution >= 0.6 is 0 Å². The summed E-state index contributed by atoms with van der Waals surface area (Å²) in [6, 6.07) is 40.6. The minimum atomic E-state index is -0.433. The molecule has 0 bridgehead atoms. The smallest absolute Gasteiger partial charge is 0.136 e. The molecule has 0 aliphatic rings. The van der Waals surface area contributed by atoms with Crippen LogP contribution in [0.3, 0.4) is 0 Å². The zero-order chi connectivity index (χ0) is 40.4. The summed E-state index contributed by atoms with van der Waals surface area (Å²) < 4.78 is 80.3. The van der Waals surface area contributed by atoms with Gasteiger partial charge in [0.25, 0.3) is 0 Å². The van der Waals surface area contributed by atoms with Crippen molar-refractivity contribution in [2.24, 2.45) is 0 Å². The van der Waals surface area contributed by atoms with Gasteiger partial charge in [-0.1, -0.05) is 151 Å². The van der Waals surface area contributed by atoms with Crippen LogP contribution in [0.25, 0.3) is 109 Å². The molecule has 0 radical (unpaired) electrons. The summed E-state index contributed by atoms with van der Waals surface area (Å²) in [6.45, 7) is 0. The van der Waals surface area contributed by atoms with Crippen molar-refractivity contribution in [2.45, 2.75) is 0 Å². The van der Waals surface area contributed by atoms with E-state index >= 15 is 0 Å². The first-order valence-corrected chi connectivity index (χ1v) is 16.9. The van der Waals surface area contributed by atoms with Crippen molar-refractivity contribution in [1.82, 2.24) is 0 Å². The topological polar surface area (TPSA) is 13.1 Å². The summed E-state index contributed by atoms with van der Waals surface area (Å²) in [5.74, 6) is 0. The van der Waals surface area contributed by atoms with Gasteiger partial charge in [-0.2, -0.15) is 0 Å². The van der Waals surface area contributed by atoms with Crippen molar-refractivity contribution in [3.63, 3.8) is 0 Å². The Morgan fingerprint density at radius 2 is 0.902 bits per heavy atom. The van der Waals surface area contributed by atoms with Gasteiger partial charge in [-0.3, -0.25) is 0 Å². The molecule has 11 aromatic rings. The Kier molecular flexibility index (Phi) is 4.57. The normalized spacial score (nSPS) is 14.1. The summed E-state index contributed by atoms with van der Waals surface area (Å²) in [7, 11) is 0. The van der Waals surface area contributed by atoms with Crippen molar-refractivity contribution in [3.8, 4) is 33.4 Å². The molecule has 51 heavy (non-hydrogen) atoms. The minimum absolute atomic E-state index is 0.182. The third-order valence-electron chi connectivity index (χ3n) is 10.3. The second-order valence-electron chi connectivity index (χ2n) is 13.0. The average molecular weight is 655 g/mol. The van der Waals surface area contributed by atoms with E-state index in [1.54, 1.807) is 0 Å². The Hall–Kier alpha value is -6.70. The lowest BCUT2D eigenvalue weighted by Crippen LogP contribution is -1.93. The molecule has 1 aromatic heterocycles. The molecule has 1 nitrogen and oxygen atoms in total. The summed E-state index contributed by atoms with van der Waals surface area (Å²) in [5, 5.41) is 8.15. The predicted octanol–water partition coefficient (Wildman–Crippen LogP) is 14.4. The van der Waals surface area contributed by atoms with Crippen molar-refractivity contribution >= 4 is 75.8 Å². The molecule has 10 aromatic carbocycles. The molecular formula is C50H30O. The van der Waals surface area contributed by atoms with Crippen LogP contribution in [0.15, 0.2) is 186 Å². The average Bonchev–Trinajstić information content (AvgIpc) is 3.66. The van der Waals surface area contributed by atoms with Crippen LogP contribution in [-0.4, -0.2) is 0 Å². The Morgan fingerprint density at radius 3 is 1.61 bits per heavy atom. The third kappa shape index (κ3) is 4.22. The summed E-state index contributed by atoms with van der Waals surface area (Å²) in [5.41, 5.74) is 5.05. The molecule has 0 atom stereocenters. The van der Waals surface area contributed by atoms with E-state index in [1.165, 1.54) is 0 Å². The largest absolute Gasteiger partial charge is 0.456 e. The van der Waals surface area contributed by atoms with Crippen LogP contribution in [0.1, 0.15) is 11.0 Å². The van der Waals surface area contributed by atoms with Gasteiger partial charge < -0.3 is 4.42 Å². The lowest BCUT2D eigenvalue weighted by molar-refractivity contribution is 0.669. The highest BCUT2D eigenvalue weighted by molar-refractivity contribution is 6.26. The van der Waals surface area contributed by atoms with Crippen molar-refractivity contribution in [2.75, 3.05) is 0 Å². The zero-order valence-electron chi connectivity index (χ0n) is 35.1. The molecule has 0 fully saturated rings. The molecule has 0 aliphatic carbocycles. The Balaban J connectivity index is 1.33. The second-order valence-corrected chi connectivity index (χ2v) is 13.0. The first-order valence-electron chi connectivity index (χ1n) is 20.9. The van der Waals surface area contributed by atoms with E-state index in [0.717, 1.165) is 65.4 Å². The van der Waals surface area contributed by atoms with E-state index in [4.69, 9.17) is 9.90 Å². The molecule has 236 valence electrons. The molecular weight excluding hydrogens is 617 g/mol. The van der Waals surface area contributed by atoms with Crippen molar-refractivity contribution < 1.29 is 15.4 Å². The van der Waals surface area contributed by atoms with Gasteiger partial charge in [0.2, 0.25) is 0 Å². The van der Waals surface area contributed by atoms with Gasteiger partial charge >= 0.3 is 0 Å². The molecule has 0 saturated heterocycles. The van der Waals surface area contributed by atoms with Crippen LogP contribution in [0.2, 0.25) is 0 Å². The van der Waals surface area contributed by atoms with E-state index < -0.39 is 24.2 Å². The molecule has 0 N–H and O–H groups in total. The van der Waals surface area contributed by atoms with E-state index in [0.29, 0.717) is 22.3 Å². The molecule has 11 rings (SSSR count). The molecule has 1 heterocycles. The minimum Gasteiger partial charge on any atom is -0.456 e. The van der Waals surface area contributed by atoms with Crippen LogP contribution in [0, 0.1) is 0 Å². The Labute approximate surface area is 305 Å². The fourth-order valence-corrected chi connectivity index (χ4v) is 8.02. The molecule has 0 amide bonds. The van der Waals surface area contributed by atoms with Gasteiger partial charge in [-0.05, 0) is 118 Å². The number of hydrogen-bond donors (Lipinski definition) is 0. The van der Waals surface area contributed by atoms with Gasteiger partial charge in [-0.15, -0.1) is 0 Å². The summed E-state index contributed by atoms with van der Waals surface area (Å²) in [6.07, 6.45) is 0. The molecule has 0 saturated carbocycles. The van der Waals surface area contributed by atoms with E-state index in [1.807, 2.05) is 103 Å². The number of furan rings is 1. The number of hydrogen-bond acceptors (Lipinski definition) is 1. The van der Waals surface area contributed by atoms with Crippen molar-refractivity contribution in [3.05, 3.63) is 182 Å². The standard InChI is InChI=1S/C50H30O/c1-4-16-36-31(12-1)15-11-23-39(36)48-40-19-7-9-21-42(40)49(43-22-10-8-20-41(43)48)44-30-35(28-34-14-3-5-17-37(34)44)33-25-26-46-45(29-33)50-38-18-6-2-13-32(38)24-27-47(50)51-46/h1-30H/i7D,8D,9D,10D,19D,20D,21D,22D. The van der Waals surface area contributed by atoms with E-state index in [9.17, 15) is 5.48 Å². The third-order valence-corrected chi connectivity index (χ3v) is 10.3. The Morgan fingerprint density at radius 1 is 0.353 bits per heavy atom. The van der Waals surface area contributed by atoms with Crippen LogP contribution in [-0.2, 0) is 0 Å². The number of benzene rings is 10. The highest BCUT2D eigenvalue weighted by atomic mass is 16.3. The first-order chi connectivity index (χ1) is 28.6. The lowest BCUT2D eigenvalue weighted by Gasteiger charge is -2.20. The maximum atomic E-state index is 9.58. The summed E-state index contributed by atoms with van der Waals surface area (Å²) >= 11 is 0.